The molecule has 240 valence electrons. The summed E-state index contributed by atoms with van der Waals surface area (Å²) >= 11 is 1.51. The van der Waals surface area contributed by atoms with E-state index in [1.165, 1.54) is 22.9 Å². The molecule has 0 spiro atoms. The standard InChI is InChI=1S/C36H54O6S/c1-13-39-31(37)21-41-27-17-15-25(35(9,10)23-33(3,4)5)19-29(27)43-30-20-26(36(11,12)24-34(6,7)8)16-18-28(30)42-22-32(38)40-14-2/h15-20H,13-14,21-24H2,1-12H3. The Morgan fingerprint density at radius 3 is 1.26 bits per heavy atom. The highest BCUT2D eigenvalue weighted by molar-refractivity contribution is 7.99. The predicted molar refractivity (Wildman–Crippen MR) is 175 cm³/mol. The zero-order valence-electron chi connectivity index (χ0n) is 28.6. The first-order chi connectivity index (χ1) is 19.8. The van der Waals surface area contributed by atoms with Gasteiger partial charge in [-0.15, -0.1) is 0 Å². The molecule has 0 radical (unpaired) electrons. The van der Waals surface area contributed by atoms with Crippen LogP contribution in [0.25, 0.3) is 0 Å². The Morgan fingerprint density at radius 1 is 0.605 bits per heavy atom. The highest BCUT2D eigenvalue weighted by atomic mass is 32.2. The molecule has 0 aliphatic heterocycles. The molecule has 0 heterocycles. The summed E-state index contributed by atoms with van der Waals surface area (Å²) in [5.41, 5.74) is 2.41. The lowest BCUT2D eigenvalue weighted by atomic mass is 9.72. The Hall–Kier alpha value is -2.67. The second-order valence-corrected chi connectivity index (χ2v) is 15.9. The van der Waals surface area contributed by atoms with Crippen molar-refractivity contribution >= 4 is 23.7 Å². The van der Waals surface area contributed by atoms with Gasteiger partial charge in [-0.05, 0) is 83.7 Å². The summed E-state index contributed by atoms with van der Waals surface area (Å²) in [6.07, 6.45) is 1.97. The molecule has 0 bridgehead atoms. The van der Waals surface area contributed by atoms with Crippen molar-refractivity contribution in [3.63, 3.8) is 0 Å². The predicted octanol–water partition coefficient (Wildman–Crippen LogP) is 9.15. The van der Waals surface area contributed by atoms with Crippen LogP contribution in [0.15, 0.2) is 46.2 Å². The molecule has 0 aromatic heterocycles. The number of esters is 2. The van der Waals surface area contributed by atoms with Crippen molar-refractivity contribution in [2.75, 3.05) is 26.4 Å². The molecule has 0 aliphatic carbocycles. The summed E-state index contributed by atoms with van der Waals surface area (Å²) in [6.45, 7) is 26.3. The minimum atomic E-state index is -0.417. The second kappa shape index (κ2) is 14.9. The summed E-state index contributed by atoms with van der Waals surface area (Å²) in [7, 11) is 0. The van der Waals surface area contributed by atoms with Crippen molar-refractivity contribution in [3.05, 3.63) is 47.5 Å². The zero-order chi connectivity index (χ0) is 32.6. The number of hydrogen-bond donors (Lipinski definition) is 0. The smallest absolute Gasteiger partial charge is 0.344 e. The molecule has 0 amide bonds. The van der Waals surface area contributed by atoms with Crippen LogP contribution in [0.4, 0.5) is 0 Å². The molecule has 0 unspecified atom stereocenters. The molecule has 6 nitrogen and oxygen atoms in total. The lowest BCUT2D eigenvalue weighted by Gasteiger charge is -2.34. The lowest BCUT2D eigenvalue weighted by molar-refractivity contribution is -0.146. The Morgan fingerprint density at radius 2 is 0.953 bits per heavy atom. The summed E-state index contributed by atoms with van der Waals surface area (Å²) < 4.78 is 22.2. The molecule has 0 saturated carbocycles. The van der Waals surface area contributed by atoms with Gasteiger partial charge in [0.2, 0.25) is 0 Å². The summed E-state index contributed by atoms with van der Waals surface area (Å²) in [6, 6.07) is 12.3. The van der Waals surface area contributed by atoms with Crippen LogP contribution >= 0.6 is 11.8 Å². The van der Waals surface area contributed by atoms with Gasteiger partial charge in [0, 0.05) is 0 Å². The van der Waals surface area contributed by atoms with Gasteiger partial charge in [0.25, 0.3) is 0 Å². The molecule has 2 rings (SSSR count). The third-order valence-corrected chi connectivity index (χ3v) is 7.99. The van der Waals surface area contributed by atoms with Crippen molar-refractivity contribution < 1.29 is 28.5 Å². The molecule has 2 aromatic rings. The Labute approximate surface area is 264 Å². The Balaban J connectivity index is 2.64. The second-order valence-electron chi connectivity index (χ2n) is 14.9. The van der Waals surface area contributed by atoms with E-state index in [2.05, 4.69) is 93.5 Å². The highest BCUT2D eigenvalue weighted by Gasteiger charge is 2.30. The van der Waals surface area contributed by atoms with E-state index in [4.69, 9.17) is 18.9 Å². The minimum absolute atomic E-state index is 0.104. The number of ether oxygens (including phenoxy) is 4. The van der Waals surface area contributed by atoms with Crippen LogP contribution in [0.1, 0.15) is 107 Å². The first-order valence-electron chi connectivity index (χ1n) is 15.3. The maximum absolute atomic E-state index is 12.2. The van der Waals surface area contributed by atoms with Gasteiger partial charge in [-0.2, -0.15) is 0 Å². The normalized spacial score (nSPS) is 12.6. The van der Waals surface area contributed by atoms with E-state index in [0.717, 1.165) is 22.6 Å². The molecular weight excluding hydrogens is 560 g/mol. The number of rotatable bonds is 14. The number of carbonyl (C=O) groups is 2. The van der Waals surface area contributed by atoms with Gasteiger partial charge in [0.05, 0.1) is 23.0 Å². The SMILES string of the molecule is CCOC(=O)COc1ccc(C(C)(C)CC(C)(C)C)cc1Sc1cc(C(C)(C)CC(C)(C)C)ccc1OCC(=O)OCC. The Kier molecular flexibility index (Phi) is 12.6. The number of carbonyl (C=O) groups excluding carboxylic acids is 2. The van der Waals surface area contributed by atoms with E-state index in [0.29, 0.717) is 24.7 Å². The topological polar surface area (TPSA) is 71.1 Å². The average molecular weight is 615 g/mol. The van der Waals surface area contributed by atoms with Crippen LogP contribution in [0.2, 0.25) is 0 Å². The Bertz CT molecular complexity index is 1140. The molecule has 0 N–H and O–H groups in total. The van der Waals surface area contributed by atoms with Gasteiger partial charge in [0.1, 0.15) is 11.5 Å². The van der Waals surface area contributed by atoms with Crippen LogP contribution < -0.4 is 9.47 Å². The lowest BCUT2D eigenvalue weighted by Crippen LogP contribution is -2.25. The van der Waals surface area contributed by atoms with Crippen LogP contribution in [-0.2, 0) is 29.9 Å². The maximum atomic E-state index is 12.2. The fraction of sp³-hybridized carbons (Fsp3) is 0.611. The molecule has 0 aliphatic rings. The fourth-order valence-electron chi connectivity index (χ4n) is 5.91. The monoisotopic (exact) mass is 614 g/mol. The third-order valence-electron chi connectivity index (χ3n) is 6.92. The first kappa shape index (κ1) is 36.5. The zero-order valence-corrected chi connectivity index (χ0v) is 29.4. The van der Waals surface area contributed by atoms with Gasteiger partial charge in [0.15, 0.2) is 13.2 Å². The van der Waals surface area contributed by atoms with Crippen LogP contribution in [0, 0.1) is 10.8 Å². The summed E-state index contributed by atoms with van der Waals surface area (Å²) in [5.74, 6) is 0.341. The van der Waals surface area contributed by atoms with Crippen molar-refractivity contribution in [1.82, 2.24) is 0 Å². The number of hydrogen-bond acceptors (Lipinski definition) is 7. The summed E-state index contributed by atoms with van der Waals surface area (Å²) in [4.78, 5) is 26.1. The molecule has 0 atom stereocenters. The van der Waals surface area contributed by atoms with Gasteiger partial charge in [-0.25, -0.2) is 9.59 Å². The van der Waals surface area contributed by atoms with Crippen LogP contribution in [-0.4, -0.2) is 38.4 Å². The number of benzene rings is 2. The maximum Gasteiger partial charge on any atom is 0.344 e. The largest absolute Gasteiger partial charge is 0.481 e. The average Bonchev–Trinajstić information content (AvgIpc) is 2.84. The highest BCUT2D eigenvalue weighted by Crippen LogP contribution is 2.46. The first-order valence-corrected chi connectivity index (χ1v) is 16.1. The molecule has 2 aromatic carbocycles. The quantitative estimate of drug-likeness (QED) is 0.197. The van der Waals surface area contributed by atoms with Crippen molar-refractivity contribution in [1.29, 1.82) is 0 Å². The fourth-order valence-corrected chi connectivity index (χ4v) is 6.97. The van der Waals surface area contributed by atoms with Gasteiger partial charge in [-0.1, -0.05) is 93.1 Å². The van der Waals surface area contributed by atoms with Gasteiger partial charge < -0.3 is 18.9 Å². The van der Waals surface area contributed by atoms with E-state index in [9.17, 15) is 9.59 Å². The van der Waals surface area contributed by atoms with Crippen LogP contribution in [0.3, 0.4) is 0 Å². The van der Waals surface area contributed by atoms with Crippen molar-refractivity contribution in [2.45, 2.75) is 117 Å². The van der Waals surface area contributed by atoms with E-state index < -0.39 is 11.9 Å². The minimum Gasteiger partial charge on any atom is -0.481 e. The molecule has 0 saturated heterocycles. The molecular formula is C36H54O6S. The van der Waals surface area contributed by atoms with Gasteiger partial charge in [-0.3, -0.25) is 0 Å². The van der Waals surface area contributed by atoms with Crippen LogP contribution in [0.5, 0.6) is 11.5 Å². The van der Waals surface area contributed by atoms with Crippen molar-refractivity contribution in [2.24, 2.45) is 10.8 Å². The van der Waals surface area contributed by atoms with E-state index in [-0.39, 0.29) is 34.9 Å². The van der Waals surface area contributed by atoms with E-state index >= 15 is 0 Å². The summed E-state index contributed by atoms with van der Waals surface area (Å²) in [5, 5.41) is 0. The molecule has 7 heteroatoms. The third kappa shape index (κ3) is 12.1. The van der Waals surface area contributed by atoms with E-state index in [1.54, 1.807) is 13.8 Å². The van der Waals surface area contributed by atoms with E-state index in [1.807, 2.05) is 12.1 Å². The molecule has 0 fully saturated rings. The van der Waals surface area contributed by atoms with Crippen molar-refractivity contribution in [3.8, 4) is 11.5 Å². The van der Waals surface area contributed by atoms with Gasteiger partial charge >= 0.3 is 11.9 Å². The molecule has 43 heavy (non-hydrogen) atoms.